The van der Waals surface area contributed by atoms with E-state index in [9.17, 15) is 62.3 Å². The number of aliphatic carboxylic acids is 1. The van der Waals surface area contributed by atoms with Crippen molar-refractivity contribution in [3.63, 3.8) is 0 Å². The highest BCUT2D eigenvalue weighted by Crippen LogP contribution is 2.37. The van der Waals surface area contributed by atoms with E-state index in [4.69, 9.17) is 5.11 Å². The summed E-state index contributed by atoms with van der Waals surface area (Å²) < 4.78 is 0. The molecule has 4 rings (SSSR count). The molecule has 12 N–H and O–H groups in total. The molecule has 1 saturated heterocycles. The molecule has 90 heavy (non-hydrogen) atoms. The van der Waals surface area contributed by atoms with E-state index in [1.54, 1.807) is 13.8 Å². The van der Waals surface area contributed by atoms with E-state index in [0.717, 1.165) is 0 Å². The average Bonchev–Trinajstić information content (AvgIpc) is 0.853. The molecule has 0 spiro atoms. The smallest absolute Gasteiger partial charge is 0.322 e. The molecule has 0 aromatic heterocycles. The number of nitrogens with zero attached hydrogens (tertiary/aromatic N) is 1. The topological polar surface area (TPSA) is 378 Å². The van der Waals surface area contributed by atoms with Crippen molar-refractivity contribution < 1.29 is 67.4 Å². The quantitative estimate of drug-likeness (QED) is 0.0435. The second kappa shape index (κ2) is 30.3. The Bertz CT molecular complexity index is 3050. The van der Waals surface area contributed by atoms with Crippen LogP contribution in [0.2, 0.25) is 0 Å². The lowest BCUT2D eigenvalue weighted by Crippen LogP contribution is -2.65. The van der Waals surface area contributed by atoms with Crippen LogP contribution in [0, 0.1) is 5.92 Å². The fraction of sp³-hybridized carbons (Fsp3) is 0.516. The lowest BCUT2D eigenvalue weighted by atomic mass is 9.77. The Morgan fingerprint density at radius 3 is 1.38 bits per heavy atom. The van der Waals surface area contributed by atoms with Crippen molar-refractivity contribution in [2.24, 2.45) is 5.92 Å². The molecule has 12 amide bonds. The van der Waals surface area contributed by atoms with Crippen LogP contribution in [-0.4, -0.2) is 158 Å². The van der Waals surface area contributed by atoms with Gasteiger partial charge in [0.2, 0.25) is 70.9 Å². The third-order valence-corrected chi connectivity index (χ3v) is 15.2. The Balaban J connectivity index is 1.55. The molecule has 26 heteroatoms. The summed E-state index contributed by atoms with van der Waals surface area (Å²) in [5.41, 5.74) is -7.34. The van der Waals surface area contributed by atoms with Gasteiger partial charge in [0.25, 0.3) is 0 Å². The Morgan fingerprint density at radius 2 is 0.922 bits per heavy atom. The Labute approximate surface area is 525 Å². The number of hydrogen-bond donors (Lipinski definition) is 12. The first-order valence-corrected chi connectivity index (χ1v) is 29.8. The Hall–Kier alpha value is -9.23. The summed E-state index contributed by atoms with van der Waals surface area (Å²) in [5.74, 6) is -10.9. The van der Waals surface area contributed by atoms with Gasteiger partial charge < -0.3 is 68.5 Å². The van der Waals surface area contributed by atoms with Crippen molar-refractivity contribution >= 4 is 76.9 Å². The molecule has 0 bridgehead atoms. The number of likely N-dealkylation sites (tertiary alicyclic amines) is 1. The Morgan fingerprint density at radius 1 is 0.500 bits per heavy atom. The predicted molar refractivity (Wildman–Crippen MR) is 333 cm³/mol. The van der Waals surface area contributed by atoms with Gasteiger partial charge in [0.1, 0.15) is 70.0 Å². The van der Waals surface area contributed by atoms with E-state index in [0.29, 0.717) is 29.5 Å². The highest BCUT2D eigenvalue weighted by Gasteiger charge is 2.45. The molecule has 1 aliphatic rings. The molecule has 5 atom stereocenters. The maximum atomic E-state index is 14.6. The zero-order valence-corrected chi connectivity index (χ0v) is 54.1. The zero-order valence-electron chi connectivity index (χ0n) is 54.1. The summed E-state index contributed by atoms with van der Waals surface area (Å²) in [5, 5.41) is 37.7. The first-order valence-electron chi connectivity index (χ1n) is 29.8. The zero-order chi connectivity index (χ0) is 67.9. The fourth-order valence-electron chi connectivity index (χ4n) is 9.96. The van der Waals surface area contributed by atoms with Crippen LogP contribution < -0.4 is 58.5 Å². The summed E-state index contributed by atoms with van der Waals surface area (Å²) in [6.45, 7) is 20.5. The van der Waals surface area contributed by atoms with Crippen LogP contribution in [0.5, 0.6) is 0 Å². The van der Waals surface area contributed by atoms with Crippen LogP contribution >= 0.6 is 0 Å². The van der Waals surface area contributed by atoms with Crippen LogP contribution in [0.1, 0.15) is 146 Å². The second-order valence-corrected chi connectivity index (χ2v) is 25.6. The van der Waals surface area contributed by atoms with Gasteiger partial charge in [0, 0.05) is 19.9 Å². The van der Waals surface area contributed by atoms with Crippen LogP contribution in [-0.2, 0) is 67.9 Å². The number of benzene rings is 3. The maximum absolute atomic E-state index is 14.6. The summed E-state index contributed by atoms with van der Waals surface area (Å²) in [4.78, 5) is 177. The molecule has 0 unspecified atom stereocenters. The number of carbonyl (C=O) groups excluding carboxylic acids is 12. The standard InChI is InChI=1S/C64H90N12O14/c1-37(2)48(53(85)75-59(6,7)54(86)65-36-47(79)80)69-57(89)62(12,13)73-51(83)44(33-34-46(78)71-64(41-26-19-16-20-27-41,42-28-21-17-22-29-42)43-30-23-18-24-31-43)68-49(81)38(3)66-55(87)60(8,9)72-50(82)39(4)67-56(88)61(10,11)74-52(84)45-32-25-35-76(45)58(90)63(14,15)70-40(5)77/h16-24,26-31,37-39,44-45,48H,25,32-36H2,1-15H3,(H,65,86)(H,66,87)(H,67,88)(H,68,81)(H,69,89)(H,70,77)(H,71,78)(H,72,82)(H,73,83)(H,74,84)(H,75,85)(H,79,80)/t38-,39-,44-,45-,48-/m0/s1. The number of carbonyl (C=O) groups is 13. The molecule has 0 radical (unpaired) electrons. The number of carboxylic acid groups (broad SMARTS) is 1. The molecular formula is C64H90N12O14. The largest absolute Gasteiger partial charge is 0.480 e. The predicted octanol–water partition coefficient (Wildman–Crippen LogP) is 1.20. The van der Waals surface area contributed by atoms with Gasteiger partial charge in [-0.15, -0.1) is 0 Å². The van der Waals surface area contributed by atoms with Gasteiger partial charge in [-0.05, 0) is 125 Å². The molecule has 3 aromatic rings. The maximum Gasteiger partial charge on any atom is 0.322 e. The number of nitrogens with one attached hydrogen (secondary N) is 11. The van der Waals surface area contributed by atoms with E-state index in [1.807, 2.05) is 91.0 Å². The monoisotopic (exact) mass is 1250 g/mol. The highest BCUT2D eigenvalue weighted by molar-refractivity contribution is 6.01. The third kappa shape index (κ3) is 19.4. The van der Waals surface area contributed by atoms with Crippen LogP contribution in [0.4, 0.5) is 0 Å². The van der Waals surface area contributed by atoms with Gasteiger partial charge in [-0.1, -0.05) is 105 Å². The van der Waals surface area contributed by atoms with E-state index in [1.165, 1.54) is 94.9 Å². The molecule has 3 aromatic carbocycles. The summed E-state index contributed by atoms with van der Waals surface area (Å²) >= 11 is 0. The van der Waals surface area contributed by atoms with Gasteiger partial charge in [-0.25, -0.2) is 0 Å². The van der Waals surface area contributed by atoms with Gasteiger partial charge in [-0.2, -0.15) is 0 Å². The van der Waals surface area contributed by atoms with E-state index in [2.05, 4.69) is 58.5 Å². The Kier molecular flexibility index (Phi) is 24.7. The van der Waals surface area contributed by atoms with E-state index < -0.39 is 159 Å². The molecule has 26 nitrogen and oxygen atoms in total. The summed E-state index contributed by atoms with van der Waals surface area (Å²) in [6, 6.07) is 21.1. The minimum atomic E-state index is -1.84. The van der Waals surface area contributed by atoms with E-state index >= 15 is 0 Å². The molecule has 0 aliphatic carbocycles. The lowest BCUT2D eigenvalue weighted by molar-refractivity contribution is -0.145. The number of rotatable bonds is 29. The van der Waals surface area contributed by atoms with Gasteiger partial charge >= 0.3 is 5.97 Å². The molecular weight excluding hydrogens is 1160 g/mol. The molecule has 1 fully saturated rings. The van der Waals surface area contributed by atoms with Crippen LogP contribution in [0.3, 0.4) is 0 Å². The lowest BCUT2D eigenvalue weighted by Gasteiger charge is -2.37. The van der Waals surface area contributed by atoms with Crippen molar-refractivity contribution in [1.29, 1.82) is 0 Å². The normalized spacial score (nSPS) is 15.0. The van der Waals surface area contributed by atoms with Crippen LogP contribution in [0.25, 0.3) is 0 Å². The summed E-state index contributed by atoms with van der Waals surface area (Å²) in [7, 11) is 0. The van der Waals surface area contributed by atoms with Gasteiger partial charge in [0.15, 0.2) is 0 Å². The van der Waals surface area contributed by atoms with Crippen molar-refractivity contribution in [3.05, 3.63) is 108 Å². The average molecular weight is 1250 g/mol. The number of carboxylic acids is 1. The molecule has 1 heterocycles. The third-order valence-electron chi connectivity index (χ3n) is 15.2. The van der Waals surface area contributed by atoms with Crippen molar-refractivity contribution in [2.45, 2.75) is 193 Å². The van der Waals surface area contributed by atoms with Crippen molar-refractivity contribution in [2.75, 3.05) is 13.1 Å². The van der Waals surface area contributed by atoms with Gasteiger partial charge in [-0.3, -0.25) is 62.3 Å². The first-order chi connectivity index (χ1) is 41.7. The molecule has 490 valence electrons. The SMILES string of the molecule is CC(=O)NC(C)(C)C(=O)N1CCC[C@H]1C(=O)NC(C)(C)C(=O)N[C@@H](C)C(=O)NC(C)(C)C(=O)N[C@@H](C)C(=O)N[C@@H](CCC(=O)NC(c1ccccc1)(c1ccccc1)c1ccccc1)C(=O)NC(C)(C)C(=O)N[C@H](C(=O)NC(C)(C)C(=O)NCC(=O)O)C(C)C. The minimum Gasteiger partial charge on any atom is -0.480 e. The van der Waals surface area contributed by atoms with Crippen LogP contribution in [0.15, 0.2) is 91.0 Å². The van der Waals surface area contributed by atoms with Crippen molar-refractivity contribution in [1.82, 2.24) is 63.4 Å². The molecule has 0 saturated carbocycles. The second-order valence-electron chi connectivity index (χ2n) is 25.6. The van der Waals surface area contributed by atoms with Gasteiger partial charge in [0.05, 0.1) is 0 Å². The van der Waals surface area contributed by atoms with E-state index in [-0.39, 0.29) is 13.0 Å². The first kappa shape index (κ1) is 73.2. The number of hydrogen-bond acceptors (Lipinski definition) is 13. The highest BCUT2D eigenvalue weighted by atomic mass is 16.4. The summed E-state index contributed by atoms with van der Waals surface area (Å²) in [6.07, 6.45) is 0.0117. The fourth-order valence-corrected chi connectivity index (χ4v) is 9.96. The van der Waals surface area contributed by atoms with Crippen molar-refractivity contribution in [3.8, 4) is 0 Å². The number of amides is 12. The minimum absolute atomic E-state index is 0.244. The molecule has 1 aliphatic heterocycles.